The number of rotatable bonds is 0. The highest BCUT2D eigenvalue weighted by Gasteiger charge is 2.11. The molecule has 0 fully saturated rings. The first kappa shape index (κ1) is 15.3. The lowest BCUT2D eigenvalue weighted by atomic mass is 9.95. The lowest BCUT2D eigenvalue weighted by molar-refractivity contribution is 0.408. The molecular weight excluding hydrogens is 344 g/mol. The molecule has 0 spiro atoms. The minimum absolute atomic E-state index is 0.0609. The van der Waals surface area contributed by atoms with Crippen LogP contribution in [-0.4, -0.2) is 10.2 Å². The highest BCUT2D eigenvalue weighted by Crippen LogP contribution is 2.40. The van der Waals surface area contributed by atoms with Gasteiger partial charge in [0.15, 0.2) is 11.5 Å². The molecule has 6 aromatic carbocycles. The number of benzene rings is 6. The maximum absolute atomic E-state index is 10.5. The van der Waals surface area contributed by atoms with E-state index in [1.807, 2.05) is 12.1 Å². The van der Waals surface area contributed by atoms with E-state index in [9.17, 15) is 10.2 Å². The zero-order valence-corrected chi connectivity index (χ0v) is 15.0. The van der Waals surface area contributed by atoms with Crippen molar-refractivity contribution in [3.63, 3.8) is 0 Å². The van der Waals surface area contributed by atoms with Gasteiger partial charge in [0.2, 0.25) is 0 Å². The highest BCUT2D eigenvalue weighted by molar-refractivity contribution is 6.16. The molecule has 28 heavy (non-hydrogen) atoms. The van der Waals surface area contributed by atoms with Crippen LogP contribution in [0.5, 0.6) is 11.5 Å². The minimum Gasteiger partial charge on any atom is -0.504 e. The zero-order chi connectivity index (χ0) is 18.8. The van der Waals surface area contributed by atoms with Crippen LogP contribution in [0, 0.1) is 0 Å². The van der Waals surface area contributed by atoms with E-state index in [1.54, 1.807) is 0 Å². The fourth-order valence-electron chi connectivity index (χ4n) is 4.31. The molecule has 0 aromatic heterocycles. The SMILES string of the molecule is Oc1ccc2ccc3cc4cc5cc6ccccc6cc5cc4cc3c2c1O. The van der Waals surface area contributed by atoms with Gasteiger partial charge in [-0.05, 0) is 90.9 Å². The molecule has 6 rings (SSSR count). The Hall–Kier alpha value is -3.78. The molecule has 2 nitrogen and oxygen atoms in total. The maximum Gasteiger partial charge on any atom is 0.166 e. The molecule has 132 valence electrons. The van der Waals surface area contributed by atoms with Crippen molar-refractivity contribution >= 4 is 53.9 Å². The van der Waals surface area contributed by atoms with Gasteiger partial charge in [0.05, 0.1) is 0 Å². The monoisotopic (exact) mass is 360 g/mol. The van der Waals surface area contributed by atoms with Crippen LogP contribution in [-0.2, 0) is 0 Å². The lowest BCUT2D eigenvalue weighted by Gasteiger charge is -2.10. The third kappa shape index (κ3) is 2.09. The van der Waals surface area contributed by atoms with Gasteiger partial charge >= 0.3 is 0 Å². The third-order valence-corrected chi connectivity index (χ3v) is 5.73. The normalized spacial score (nSPS) is 11.9. The second-order valence-electron chi connectivity index (χ2n) is 7.42. The average Bonchev–Trinajstić information content (AvgIpc) is 2.71. The topological polar surface area (TPSA) is 40.5 Å². The molecule has 0 bridgehead atoms. The van der Waals surface area contributed by atoms with Crippen molar-refractivity contribution < 1.29 is 10.2 Å². The Bertz CT molecular complexity index is 1580. The Morgan fingerprint density at radius 3 is 1.61 bits per heavy atom. The second-order valence-corrected chi connectivity index (χ2v) is 7.42. The summed E-state index contributed by atoms with van der Waals surface area (Å²) in [7, 11) is 0. The Labute approximate surface area is 160 Å². The first-order valence-electron chi connectivity index (χ1n) is 9.31. The van der Waals surface area contributed by atoms with Crippen molar-refractivity contribution in [3.8, 4) is 11.5 Å². The van der Waals surface area contributed by atoms with Crippen molar-refractivity contribution in [3.05, 3.63) is 84.9 Å². The molecule has 6 aromatic rings. The predicted octanol–water partition coefficient (Wildman–Crippen LogP) is 6.86. The van der Waals surface area contributed by atoms with E-state index in [1.165, 1.54) is 27.6 Å². The number of fused-ring (bicyclic) bond motifs is 6. The van der Waals surface area contributed by atoms with E-state index in [0.717, 1.165) is 26.9 Å². The average molecular weight is 360 g/mol. The van der Waals surface area contributed by atoms with Gasteiger partial charge in [0, 0.05) is 5.39 Å². The van der Waals surface area contributed by atoms with Crippen LogP contribution >= 0.6 is 0 Å². The van der Waals surface area contributed by atoms with Gasteiger partial charge in [0.25, 0.3) is 0 Å². The van der Waals surface area contributed by atoms with Crippen LogP contribution in [0.3, 0.4) is 0 Å². The molecule has 0 aliphatic carbocycles. The lowest BCUT2D eigenvalue weighted by Crippen LogP contribution is -1.83. The van der Waals surface area contributed by atoms with Gasteiger partial charge < -0.3 is 10.2 Å². The number of phenols is 2. The molecule has 0 heterocycles. The van der Waals surface area contributed by atoms with Crippen molar-refractivity contribution in [1.82, 2.24) is 0 Å². The summed E-state index contributed by atoms with van der Waals surface area (Å²) in [4.78, 5) is 0. The van der Waals surface area contributed by atoms with Crippen LogP contribution in [0.15, 0.2) is 84.9 Å². The van der Waals surface area contributed by atoms with E-state index >= 15 is 0 Å². The van der Waals surface area contributed by atoms with Crippen LogP contribution < -0.4 is 0 Å². The molecule has 0 amide bonds. The fourth-order valence-corrected chi connectivity index (χ4v) is 4.31. The smallest absolute Gasteiger partial charge is 0.166 e. The van der Waals surface area contributed by atoms with Gasteiger partial charge in [-0.15, -0.1) is 0 Å². The summed E-state index contributed by atoms with van der Waals surface area (Å²) in [5.74, 6) is -0.153. The summed E-state index contributed by atoms with van der Waals surface area (Å²) in [6, 6.07) is 29.0. The summed E-state index contributed by atoms with van der Waals surface area (Å²) in [5, 5.41) is 31.2. The van der Waals surface area contributed by atoms with Gasteiger partial charge in [-0.25, -0.2) is 0 Å². The summed E-state index contributed by atoms with van der Waals surface area (Å²) < 4.78 is 0. The molecule has 2 heteroatoms. The number of phenolic OH excluding ortho intramolecular Hbond substituents is 2. The van der Waals surface area contributed by atoms with Crippen molar-refractivity contribution in [1.29, 1.82) is 0 Å². The van der Waals surface area contributed by atoms with E-state index in [4.69, 9.17) is 0 Å². The van der Waals surface area contributed by atoms with Crippen LogP contribution in [0.4, 0.5) is 0 Å². The van der Waals surface area contributed by atoms with E-state index < -0.39 is 0 Å². The Morgan fingerprint density at radius 2 is 0.929 bits per heavy atom. The quantitative estimate of drug-likeness (QED) is 0.176. The summed E-state index contributed by atoms with van der Waals surface area (Å²) in [6.45, 7) is 0. The number of hydrogen-bond acceptors (Lipinski definition) is 2. The summed E-state index contributed by atoms with van der Waals surface area (Å²) in [5.41, 5.74) is 0. The van der Waals surface area contributed by atoms with Gasteiger partial charge in [0.1, 0.15) is 0 Å². The molecule has 0 aliphatic rings. The highest BCUT2D eigenvalue weighted by atomic mass is 16.3. The first-order chi connectivity index (χ1) is 13.7. The van der Waals surface area contributed by atoms with Gasteiger partial charge in [-0.2, -0.15) is 0 Å². The Balaban J connectivity index is 1.76. The Kier molecular flexibility index (Phi) is 2.93. The Morgan fingerprint density at radius 1 is 0.429 bits per heavy atom. The van der Waals surface area contributed by atoms with Crippen molar-refractivity contribution in [2.45, 2.75) is 0 Å². The zero-order valence-electron chi connectivity index (χ0n) is 15.0. The van der Waals surface area contributed by atoms with Crippen LogP contribution in [0.2, 0.25) is 0 Å². The van der Waals surface area contributed by atoms with Gasteiger partial charge in [-0.3, -0.25) is 0 Å². The van der Waals surface area contributed by atoms with Crippen LogP contribution in [0.1, 0.15) is 0 Å². The number of hydrogen-bond donors (Lipinski definition) is 2. The van der Waals surface area contributed by atoms with Gasteiger partial charge in [-0.1, -0.05) is 42.5 Å². The molecule has 0 atom stereocenters. The predicted molar refractivity (Wildman–Crippen MR) is 117 cm³/mol. The fraction of sp³-hybridized carbons (Fsp3) is 0. The van der Waals surface area contributed by atoms with Crippen molar-refractivity contribution in [2.75, 3.05) is 0 Å². The number of aromatic hydroxyl groups is 2. The molecule has 0 radical (unpaired) electrons. The molecule has 0 unspecified atom stereocenters. The maximum atomic E-state index is 10.5. The second kappa shape index (κ2) is 5.37. The standard InChI is InChI=1S/C26H16O2/c27-24-8-7-15-5-6-18-11-21-12-19-9-16-3-1-2-4-17(16)10-20(19)13-22(21)14-23(18)25(15)26(24)28/h1-14,27-28H. The minimum atomic E-state index is -0.0925. The largest absolute Gasteiger partial charge is 0.504 e. The van der Waals surface area contributed by atoms with E-state index in [-0.39, 0.29) is 11.5 Å². The van der Waals surface area contributed by atoms with E-state index in [0.29, 0.717) is 5.39 Å². The third-order valence-electron chi connectivity index (χ3n) is 5.73. The van der Waals surface area contributed by atoms with Crippen LogP contribution in [0.25, 0.3) is 53.9 Å². The molecule has 0 saturated carbocycles. The van der Waals surface area contributed by atoms with Crippen molar-refractivity contribution in [2.24, 2.45) is 0 Å². The molecule has 2 N–H and O–H groups in total. The molecular formula is C26H16O2. The summed E-state index contributed by atoms with van der Waals surface area (Å²) in [6.07, 6.45) is 0. The molecule has 0 saturated heterocycles. The molecule has 0 aliphatic heterocycles. The first-order valence-corrected chi connectivity index (χ1v) is 9.31. The summed E-state index contributed by atoms with van der Waals surface area (Å²) >= 11 is 0. The van der Waals surface area contributed by atoms with E-state index in [2.05, 4.69) is 66.7 Å².